The number of H-pyrrole nitrogens is 1. The standard InChI is InChI=1S/C19H19FN4O3S2/c1-2-3-8-21-18(27)22-14(25)10-29-19-23-16(26)15-13(9-28-17(15)24-19)11-4-6-12(20)7-5-11/h4-7,9H,2-3,8,10H2,1H3,(H,23,24,26)(H2,21,22,25,27). The van der Waals surface area contributed by atoms with Crippen LogP contribution in [0.5, 0.6) is 0 Å². The summed E-state index contributed by atoms with van der Waals surface area (Å²) in [6.45, 7) is 2.51. The first-order valence-electron chi connectivity index (χ1n) is 8.96. The van der Waals surface area contributed by atoms with E-state index in [1.807, 2.05) is 6.92 Å². The van der Waals surface area contributed by atoms with Crippen molar-refractivity contribution in [3.05, 3.63) is 45.8 Å². The highest BCUT2D eigenvalue weighted by Gasteiger charge is 2.14. The van der Waals surface area contributed by atoms with E-state index in [0.717, 1.165) is 30.2 Å². The Morgan fingerprint density at radius 2 is 2.03 bits per heavy atom. The van der Waals surface area contributed by atoms with Crippen molar-refractivity contribution in [3.8, 4) is 11.1 Å². The molecule has 10 heteroatoms. The number of unbranched alkanes of at least 4 members (excludes halogenated alkanes) is 1. The van der Waals surface area contributed by atoms with Gasteiger partial charge in [-0.25, -0.2) is 14.2 Å². The molecule has 0 fully saturated rings. The normalized spacial score (nSPS) is 10.8. The number of imide groups is 1. The fourth-order valence-electron chi connectivity index (χ4n) is 2.56. The molecular formula is C19H19FN4O3S2. The minimum absolute atomic E-state index is 0.0637. The lowest BCUT2D eigenvalue weighted by molar-refractivity contribution is -0.117. The molecule has 2 heterocycles. The van der Waals surface area contributed by atoms with Crippen molar-refractivity contribution in [1.29, 1.82) is 0 Å². The second-order valence-electron chi connectivity index (χ2n) is 6.15. The quantitative estimate of drug-likeness (QED) is 0.300. The number of nitrogens with one attached hydrogen (secondary N) is 3. The first kappa shape index (κ1) is 21.0. The van der Waals surface area contributed by atoms with Gasteiger partial charge >= 0.3 is 6.03 Å². The molecule has 0 bridgehead atoms. The number of carbonyl (C=O) groups is 2. The summed E-state index contributed by atoms with van der Waals surface area (Å²) in [6, 6.07) is 5.34. The predicted molar refractivity (Wildman–Crippen MR) is 113 cm³/mol. The highest BCUT2D eigenvalue weighted by atomic mass is 32.2. The number of nitrogens with zero attached hydrogens (tertiary/aromatic N) is 1. The van der Waals surface area contributed by atoms with E-state index in [4.69, 9.17) is 0 Å². The molecule has 3 amide bonds. The van der Waals surface area contributed by atoms with Crippen LogP contribution in [0.15, 0.2) is 39.6 Å². The van der Waals surface area contributed by atoms with Crippen molar-refractivity contribution in [2.24, 2.45) is 0 Å². The first-order chi connectivity index (χ1) is 14.0. The van der Waals surface area contributed by atoms with E-state index >= 15 is 0 Å². The molecule has 0 saturated heterocycles. The monoisotopic (exact) mass is 434 g/mol. The van der Waals surface area contributed by atoms with E-state index in [2.05, 4.69) is 20.6 Å². The summed E-state index contributed by atoms with van der Waals surface area (Å²) in [5.41, 5.74) is 1.06. The molecule has 3 rings (SSSR count). The predicted octanol–water partition coefficient (Wildman–Crippen LogP) is 3.51. The van der Waals surface area contributed by atoms with E-state index in [1.165, 1.54) is 23.5 Å². The molecule has 0 saturated carbocycles. The molecule has 1 aromatic carbocycles. The van der Waals surface area contributed by atoms with Gasteiger partial charge in [-0.1, -0.05) is 37.2 Å². The summed E-state index contributed by atoms with van der Waals surface area (Å²) in [7, 11) is 0. The molecule has 3 N–H and O–H groups in total. The first-order valence-corrected chi connectivity index (χ1v) is 10.8. The van der Waals surface area contributed by atoms with Crippen molar-refractivity contribution in [2.75, 3.05) is 12.3 Å². The molecular weight excluding hydrogens is 415 g/mol. The molecule has 0 unspecified atom stereocenters. The number of thiophene rings is 1. The molecule has 7 nitrogen and oxygen atoms in total. The third kappa shape index (κ3) is 5.42. The Kier molecular flexibility index (Phi) is 6.99. The summed E-state index contributed by atoms with van der Waals surface area (Å²) < 4.78 is 13.1. The number of carbonyl (C=O) groups excluding carboxylic acids is 2. The average Bonchev–Trinajstić information content (AvgIpc) is 3.12. The SMILES string of the molecule is CCCCNC(=O)NC(=O)CSc1nc2scc(-c3ccc(F)cc3)c2c(=O)[nH]1. The lowest BCUT2D eigenvalue weighted by Crippen LogP contribution is -2.40. The number of aromatic amines is 1. The van der Waals surface area contributed by atoms with E-state index in [9.17, 15) is 18.8 Å². The van der Waals surface area contributed by atoms with Crippen LogP contribution in [0.25, 0.3) is 21.3 Å². The number of aromatic nitrogens is 2. The Morgan fingerprint density at radius 3 is 2.76 bits per heavy atom. The van der Waals surface area contributed by atoms with Crippen LogP contribution in [0.2, 0.25) is 0 Å². The van der Waals surface area contributed by atoms with E-state index in [1.54, 1.807) is 17.5 Å². The largest absolute Gasteiger partial charge is 0.338 e. The zero-order valence-corrected chi connectivity index (χ0v) is 17.2. The molecule has 2 aromatic heterocycles. The van der Waals surface area contributed by atoms with Gasteiger partial charge in [0.1, 0.15) is 10.6 Å². The van der Waals surface area contributed by atoms with Gasteiger partial charge in [0, 0.05) is 17.5 Å². The fourth-order valence-corrected chi connectivity index (χ4v) is 4.23. The average molecular weight is 435 g/mol. The molecule has 0 aliphatic heterocycles. The van der Waals surface area contributed by atoms with Crippen molar-refractivity contribution in [2.45, 2.75) is 24.9 Å². The minimum Gasteiger partial charge on any atom is -0.338 e. The Labute approximate surface area is 174 Å². The van der Waals surface area contributed by atoms with E-state index in [0.29, 0.717) is 22.3 Å². The zero-order chi connectivity index (χ0) is 20.8. The van der Waals surface area contributed by atoms with E-state index < -0.39 is 11.9 Å². The van der Waals surface area contributed by atoms with Crippen LogP contribution in [0.3, 0.4) is 0 Å². The number of urea groups is 1. The van der Waals surface area contributed by atoms with Gasteiger partial charge in [-0.05, 0) is 24.1 Å². The lowest BCUT2D eigenvalue weighted by Gasteiger charge is -2.06. The molecule has 0 spiro atoms. The number of hydrogen-bond donors (Lipinski definition) is 3. The fraction of sp³-hybridized carbons (Fsp3) is 0.263. The van der Waals surface area contributed by atoms with Crippen LogP contribution >= 0.6 is 23.1 Å². The van der Waals surface area contributed by atoms with Crippen LogP contribution in [0.4, 0.5) is 9.18 Å². The minimum atomic E-state index is -0.539. The number of benzene rings is 1. The second kappa shape index (κ2) is 9.66. The number of halogens is 1. The number of hydrogen-bond acceptors (Lipinski definition) is 6. The summed E-state index contributed by atoms with van der Waals surface area (Å²) >= 11 is 2.33. The maximum Gasteiger partial charge on any atom is 0.321 e. The Hall–Kier alpha value is -2.72. The van der Waals surface area contributed by atoms with Gasteiger partial charge in [-0.3, -0.25) is 14.9 Å². The van der Waals surface area contributed by atoms with Crippen LogP contribution in [0.1, 0.15) is 19.8 Å². The number of thioether (sulfide) groups is 1. The lowest BCUT2D eigenvalue weighted by atomic mass is 10.1. The van der Waals surface area contributed by atoms with Crippen LogP contribution in [-0.2, 0) is 4.79 Å². The molecule has 0 atom stereocenters. The molecule has 29 heavy (non-hydrogen) atoms. The second-order valence-corrected chi connectivity index (χ2v) is 7.98. The van der Waals surface area contributed by atoms with Crippen LogP contribution < -0.4 is 16.2 Å². The Morgan fingerprint density at radius 1 is 1.28 bits per heavy atom. The summed E-state index contributed by atoms with van der Waals surface area (Å²) in [4.78, 5) is 43.6. The highest BCUT2D eigenvalue weighted by molar-refractivity contribution is 7.99. The van der Waals surface area contributed by atoms with Crippen LogP contribution in [-0.4, -0.2) is 34.2 Å². The van der Waals surface area contributed by atoms with Crippen molar-refractivity contribution < 1.29 is 14.0 Å². The van der Waals surface area contributed by atoms with Crippen molar-refractivity contribution in [3.63, 3.8) is 0 Å². The van der Waals surface area contributed by atoms with Gasteiger partial charge in [-0.15, -0.1) is 11.3 Å². The van der Waals surface area contributed by atoms with Gasteiger partial charge < -0.3 is 10.3 Å². The molecule has 0 aliphatic rings. The van der Waals surface area contributed by atoms with Gasteiger partial charge in [-0.2, -0.15) is 0 Å². The maximum absolute atomic E-state index is 13.1. The van der Waals surface area contributed by atoms with Crippen LogP contribution in [0, 0.1) is 5.82 Å². The van der Waals surface area contributed by atoms with Gasteiger partial charge in [0.15, 0.2) is 5.16 Å². The Balaban J connectivity index is 1.67. The number of fused-ring (bicyclic) bond motifs is 1. The highest BCUT2D eigenvalue weighted by Crippen LogP contribution is 2.31. The van der Waals surface area contributed by atoms with Gasteiger partial charge in [0.25, 0.3) is 5.56 Å². The third-order valence-corrected chi connectivity index (χ3v) is 5.73. The molecule has 152 valence electrons. The summed E-state index contributed by atoms with van der Waals surface area (Å²) in [6.07, 6.45) is 1.78. The number of rotatable bonds is 7. The van der Waals surface area contributed by atoms with Gasteiger partial charge in [0.2, 0.25) is 5.91 Å². The molecule has 0 radical (unpaired) electrons. The zero-order valence-electron chi connectivity index (χ0n) is 15.6. The van der Waals surface area contributed by atoms with Gasteiger partial charge in [0.05, 0.1) is 11.1 Å². The van der Waals surface area contributed by atoms with Crippen molar-refractivity contribution in [1.82, 2.24) is 20.6 Å². The topological polar surface area (TPSA) is 104 Å². The molecule has 0 aliphatic carbocycles. The molecule has 3 aromatic rings. The summed E-state index contributed by atoms with van der Waals surface area (Å²) in [5, 5.41) is 7.33. The third-order valence-electron chi connectivity index (χ3n) is 3.99. The summed E-state index contributed by atoms with van der Waals surface area (Å²) in [5.74, 6) is -0.896. The maximum atomic E-state index is 13.1. The van der Waals surface area contributed by atoms with E-state index in [-0.39, 0.29) is 22.3 Å². The number of amides is 3. The Bertz CT molecular complexity index is 1080. The smallest absolute Gasteiger partial charge is 0.321 e. The van der Waals surface area contributed by atoms with Crippen molar-refractivity contribution >= 4 is 45.3 Å².